The Morgan fingerprint density at radius 2 is 2.00 bits per heavy atom. The van der Waals surface area contributed by atoms with Crippen molar-refractivity contribution in [1.29, 1.82) is 0 Å². The lowest BCUT2D eigenvalue weighted by atomic mass is 9.95. The molecule has 1 fully saturated rings. The minimum absolute atomic E-state index is 0.588. The lowest BCUT2D eigenvalue weighted by Gasteiger charge is -2.24. The first-order valence-corrected chi connectivity index (χ1v) is 6.84. The van der Waals surface area contributed by atoms with Crippen LogP contribution in [-0.4, -0.2) is 6.04 Å². The molecule has 1 aliphatic rings. The van der Waals surface area contributed by atoms with Crippen molar-refractivity contribution in [3.63, 3.8) is 0 Å². The molecule has 3 N–H and O–H groups in total. The Labute approximate surface area is 106 Å². The predicted molar refractivity (Wildman–Crippen MR) is 72.5 cm³/mol. The molecule has 88 valence electrons. The highest BCUT2D eigenvalue weighted by Gasteiger charge is 2.13. The average Bonchev–Trinajstić information content (AvgIpc) is 2.31. The van der Waals surface area contributed by atoms with Gasteiger partial charge in [0, 0.05) is 22.7 Å². The number of anilines is 1. The van der Waals surface area contributed by atoms with Gasteiger partial charge in [-0.3, -0.25) is 0 Å². The van der Waals surface area contributed by atoms with Crippen molar-refractivity contribution in [2.75, 3.05) is 5.32 Å². The molecule has 1 saturated carbocycles. The molecule has 0 bridgehead atoms. The molecule has 0 unspecified atom stereocenters. The van der Waals surface area contributed by atoms with Gasteiger partial charge in [0.05, 0.1) is 0 Å². The molecule has 0 saturated heterocycles. The van der Waals surface area contributed by atoms with Crippen LogP contribution in [0.15, 0.2) is 22.7 Å². The SMILES string of the molecule is NCc1ccc(NC2CCCCC2)cc1Br. The number of nitrogens with two attached hydrogens (primary N) is 1. The van der Waals surface area contributed by atoms with Crippen molar-refractivity contribution in [1.82, 2.24) is 0 Å². The molecular weight excluding hydrogens is 264 g/mol. The van der Waals surface area contributed by atoms with Crippen LogP contribution in [0, 0.1) is 0 Å². The third-order valence-electron chi connectivity index (χ3n) is 3.25. The Bertz CT molecular complexity index is 346. The molecule has 0 radical (unpaired) electrons. The highest BCUT2D eigenvalue weighted by Crippen LogP contribution is 2.25. The second-order valence-electron chi connectivity index (χ2n) is 4.49. The van der Waals surface area contributed by atoms with Crippen molar-refractivity contribution in [2.45, 2.75) is 44.7 Å². The lowest BCUT2D eigenvalue weighted by molar-refractivity contribution is 0.463. The Morgan fingerprint density at radius 3 is 2.62 bits per heavy atom. The fraction of sp³-hybridized carbons (Fsp3) is 0.538. The van der Waals surface area contributed by atoms with E-state index in [1.807, 2.05) is 0 Å². The summed E-state index contributed by atoms with van der Waals surface area (Å²) < 4.78 is 1.11. The molecule has 0 heterocycles. The van der Waals surface area contributed by atoms with Gasteiger partial charge in [-0.25, -0.2) is 0 Å². The topological polar surface area (TPSA) is 38.0 Å². The van der Waals surface area contributed by atoms with Gasteiger partial charge in [0.1, 0.15) is 0 Å². The number of halogens is 1. The molecule has 0 amide bonds. The fourth-order valence-corrected chi connectivity index (χ4v) is 2.83. The van der Waals surface area contributed by atoms with E-state index in [-0.39, 0.29) is 0 Å². The summed E-state index contributed by atoms with van der Waals surface area (Å²) in [6.07, 6.45) is 6.72. The maximum Gasteiger partial charge on any atom is 0.0353 e. The number of benzene rings is 1. The van der Waals surface area contributed by atoms with Gasteiger partial charge in [0.15, 0.2) is 0 Å². The highest BCUT2D eigenvalue weighted by atomic mass is 79.9. The Morgan fingerprint density at radius 1 is 1.25 bits per heavy atom. The van der Waals surface area contributed by atoms with Crippen LogP contribution in [-0.2, 0) is 6.54 Å². The van der Waals surface area contributed by atoms with Crippen molar-refractivity contribution in [3.8, 4) is 0 Å². The zero-order valence-corrected chi connectivity index (χ0v) is 11.1. The summed E-state index contributed by atoms with van der Waals surface area (Å²) in [5, 5.41) is 3.60. The van der Waals surface area contributed by atoms with Crippen molar-refractivity contribution >= 4 is 21.6 Å². The van der Waals surface area contributed by atoms with E-state index in [4.69, 9.17) is 5.73 Å². The average molecular weight is 283 g/mol. The summed E-state index contributed by atoms with van der Waals surface area (Å²) in [7, 11) is 0. The predicted octanol–water partition coefficient (Wildman–Crippen LogP) is 3.65. The quantitative estimate of drug-likeness (QED) is 0.888. The first-order chi connectivity index (χ1) is 7.79. The number of rotatable bonds is 3. The highest BCUT2D eigenvalue weighted by molar-refractivity contribution is 9.10. The monoisotopic (exact) mass is 282 g/mol. The second kappa shape index (κ2) is 5.69. The second-order valence-corrected chi connectivity index (χ2v) is 5.34. The van der Waals surface area contributed by atoms with E-state index in [1.54, 1.807) is 0 Å². The summed E-state index contributed by atoms with van der Waals surface area (Å²) in [5.74, 6) is 0. The van der Waals surface area contributed by atoms with Crippen LogP contribution in [0.2, 0.25) is 0 Å². The van der Waals surface area contributed by atoms with Crippen molar-refractivity contribution < 1.29 is 0 Å². The smallest absolute Gasteiger partial charge is 0.0353 e. The molecule has 1 aliphatic carbocycles. The summed E-state index contributed by atoms with van der Waals surface area (Å²) in [4.78, 5) is 0. The van der Waals surface area contributed by atoms with Crippen LogP contribution in [0.4, 0.5) is 5.69 Å². The molecule has 3 heteroatoms. The van der Waals surface area contributed by atoms with Gasteiger partial charge in [0.2, 0.25) is 0 Å². The van der Waals surface area contributed by atoms with Gasteiger partial charge >= 0.3 is 0 Å². The molecule has 2 nitrogen and oxygen atoms in total. The van der Waals surface area contributed by atoms with Gasteiger partial charge in [-0.15, -0.1) is 0 Å². The van der Waals surface area contributed by atoms with Crippen LogP contribution in [0.3, 0.4) is 0 Å². The minimum Gasteiger partial charge on any atom is -0.382 e. The molecular formula is C13H19BrN2. The standard InChI is InChI=1S/C13H19BrN2/c14-13-8-12(7-6-10(13)9-15)16-11-4-2-1-3-5-11/h6-8,11,16H,1-5,9,15H2. The molecule has 2 rings (SSSR count). The van der Waals surface area contributed by atoms with Crippen LogP contribution in [0.1, 0.15) is 37.7 Å². The first-order valence-electron chi connectivity index (χ1n) is 6.04. The van der Waals surface area contributed by atoms with Gasteiger partial charge in [0.25, 0.3) is 0 Å². The third kappa shape index (κ3) is 2.98. The van der Waals surface area contributed by atoms with Gasteiger partial charge in [-0.2, -0.15) is 0 Å². The molecule has 0 atom stereocenters. The molecule has 1 aromatic carbocycles. The molecule has 0 aromatic heterocycles. The van der Waals surface area contributed by atoms with E-state index in [2.05, 4.69) is 39.4 Å². The van der Waals surface area contributed by atoms with E-state index in [0.717, 1.165) is 10.0 Å². The van der Waals surface area contributed by atoms with Gasteiger partial charge in [-0.1, -0.05) is 41.3 Å². The minimum atomic E-state index is 0.588. The Hall–Kier alpha value is -0.540. The zero-order valence-electron chi connectivity index (χ0n) is 9.51. The van der Waals surface area contributed by atoms with Crippen molar-refractivity contribution in [2.24, 2.45) is 5.73 Å². The van der Waals surface area contributed by atoms with Gasteiger partial charge in [-0.05, 0) is 30.5 Å². The Kier molecular flexibility index (Phi) is 4.24. The van der Waals surface area contributed by atoms with E-state index < -0.39 is 0 Å². The summed E-state index contributed by atoms with van der Waals surface area (Å²) in [6.45, 7) is 0.588. The molecule has 0 spiro atoms. The number of hydrogen-bond acceptors (Lipinski definition) is 2. The zero-order chi connectivity index (χ0) is 11.4. The maximum atomic E-state index is 5.63. The number of nitrogens with one attached hydrogen (secondary N) is 1. The summed E-state index contributed by atoms with van der Waals surface area (Å²) in [6, 6.07) is 7.01. The van der Waals surface area contributed by atoms with Crippen LogP contribution in [0.5, 0.6) is 0 Å². The van der Waals surface area contributed by atoms with Gasteiger partial charge < -0.3 is 11.1 Å². The van der Waals surface area contributed by atoms with E-state index >= 15 is 0 Å². The lowest BCUT2D eigenvalue weighted by Crippen LogP contribution is -2.22. The first kappa shape index (κ1) is 11.9. The van der Waals surface area contributed by atoms with Crippen molar-refractivity contribution in [3.05, 3.63) is 28.2 Å². The fourth-order valence-electron chi connectivity index (χ4n) is 2.29. The van der Waals surface area contributed by atoms with E-state index in [9.17, 15) is 0 Å². The van der Waals surface area contributed by atoms with Crippen LogP contribution >= 0.6 is 15.9 Å². The maximum absolute atomic E-state index is 5.63. The van der Waals surface area contributed by atoms with E-state index in [0.29, 0.717) is 12.6 Å². The van der Waals surface area contributed by atoms with Crippen LogP contribution in [0.25, 0.3) is 0 Å². The summed E-state index contributed by atoms with van der Waals surface area (Å²) in [5.41, 5.74) is 8.00. The van der Waals surface area contributed by atoms with E-state index in [1.165, 1.54) is 37.8 Å². The largest absolute Gasteiger partial charge is 0.382 e. The third-order valence-corrected chi connectivity index (χ3v) is 3.99. The molecule has 16 heavy (non-hydrogen) atoms. The normalized spacial score (nSPS) is 17.4. The number of hydrogen-bond donors (Lipinski definition) is 2. The summed E-state index contributed by atoms with van der Waals surface area (Å²) >= 11 is 3.55. The molecule has 0 aliphatic heterocycles. The molecule has 1 aromatic rings. The van der Waals surface area contributed by atoms with Crippen LogP contribution < -0.4 is 11.1 Å². The Balaban J connectivity index is 2.01.